The average Bonchev–Trinajstić information content (AvgIpc) is 3.05. The summed E-state index contributed by atoms with van der Waals surface area (Å²) in [7, 11) is -1.22. The SMILES string of the molecule is COC(=O)[C@@]1(CC/C=C/CO[Si](c2ccccc2)(c2ccccc2)C(C)(C)C)C=CCNC(=O)C1. The molecule has 186 valence electrons. The Hall–Kier alpha value is -2.96. The molecule has 5 nitrogen and oxygen atoms in total. The molecule has 0 saturated carbocycles. The van der Waals surface area contributed by atoms with E-state index in [1.807, 2.05) is 36.4 Å². The van der Waals surface area contributed by atoms with Gasteiger partial charge in [-0.1, -0.05) is 106 Å². The summed E-state index contributed by atoms with van der Waals surface area (Å²) < 4.78 is 11.9. The van der Waals surface area contributed by atoms with E-state index in [4.69, 9.17) is 9.16 Å². The Kier molecular flexibility index (Phi) is 8.86. The molecule has 2 aromatic carbocycles. The van der Waals surface area contributed by atoms with Crippen LogP contribution in [0.15, 0.2) is 85.0 Å². The first kappa shape index (κ1) is 26.6. The Bertz CT molecular complexity index is 1000. The van der Waals surface area contributed by atoms with Crippen molar-refractivity contribution in [3.63, 3.8) is 0 Å². The predicted octanol–water partition coefficient (Wildman–Crippen LogP) is 4.13. The summed E-state index contributed by atoms with van der Waals surface area (Å²) in [4.78, 5) is 24.7. The number of ether oxygens (including phenoxy) is 1. The maximum atomic E-state index is 12.6. The van der Waals surface area contributed by atoms with Gasteiger partial charge in [-0.3, -0.25) is 9.59 Å². The highest BCUT2D eigenvalue weighted by Crippen LogP contribution is 2.37. The van der Waals surface area contributed by atoms with Crippen LogP contribution in [-0.2, 0) is 18.8 Å². The maximum absolute atomic E-state index is 12.6. The molecular formula is C29H37NO4Si. The number of nitrogens with one attached hydrogen (secondary N) is 1. The summed E-state index contributed by atoms with van der Waals surface area (Å²) in [6.07, 6.45) is 8.96. The molecule has 6 heteroatoms. The topological polar surface area (TPSA) is 64.6 Å². The van der Waals surface area contributed by atoms with Crippen molar-refractivity contribution in [3.8, 4) is 0 Å². The molecule has 1 atom stereocenters. The highest BCUT2D eigenvalue weighted by atomic mass is 28.4. The highest BCUT2D eigenvalue weighted by Gasteiger charge is 2.49. The molecule has 0 saturated heterocycles. The molecule has 0 radical (unpaired) electrons. The van der Waals surface area contributed by atoms with E-state index in [-0.39, 0.29) is 23.3 Å². The summed E-state index contributed by atoms with van der Waals surface area (Å²) in [5, 5.41) is 5.18. The summed E-state index contributed by atoms with van der Waals surface area (Å²) in [6, 6.07) is 21.1. The van der Waals surface area contributed by atoms with Crippen molar-refractivity contribution in [2.45, 2.75) is 45.1 Å². The van der Waals surface area contributed by atoms with Gasteiger partial charge in [-0.25, -0.2) is 0 Å². The van der Waals surface area contributed by atoms with Gasteiger partial charge >= 0.3 is 5.97 Å². The lowest BCUT2D eigenvalue weighted by Gasteiger charge is -2.42. The van der Waals surface area contributed by atoms with Gasteiger partial charge in [0.2, 0.25) is 5.91 Å². The van der Waals surface area contributed by atoms with Crippen LogP contribution in [0, 0.1) is 5.41 Å². The van der Waals surface area contributed by atoms with Gasteiger partial charge in [-0.05, 0) is 28.3 Å². The summed E-state index contributed by atoms with van der Waals surface area (Å²) in [5.41, 5.74) is -0.932. The van der Waals surface area contributed by atoms with Crippen molar-refractivity contribution >= 4 is 30.6 Å². The van der Waals surface area contributed by atoms with Crippen molar-refractivity contribution in [2.75, 3.05) is 20.3 Å². The number of amides is 1. The highest BCUT2D eigenvalue weighted by molar-refractivity contribution is 6.99. The van der Waals surface area contributed by atoms with Gasteiger partial charge in [-0.15, -0.1) is 0 Å². The van der Waals surface area contributed by atoms with Crippen LogP contribution < -0.4 is 15.7 Å². The third-order valence-electron chi connectivity index (χ3n) is 6.66. The van der Waals surface area contributed by atoms with Gasteiger partial charge < -0.3 is 14.5 Å². The zero-order valence-electron chi connectivity index (χ0n) is 21.3. The van der Waals surface area contributed by atoms with Crippen molar-refractivity contribution in [1.29, 1.82) is 0 Å². The van der Waals surface area contributed by atoms with Gasteiger partial charge in [0.1, 0.15) is 0 Å². The molecule has 2 aromatic rings. The van der Waals surface area contributed by atoms with Gasteiger partial charge in [0, 0.05) is 13.0 Å². The molecule has 0 aliphatic carbocycles. The minimum absolute atomic E-state index is 0.0863. The molecule has 1 aliphatic heterocycles. The van der Waals surface area contributed by atoms with Crippen LogP contribution >= 0.6 is 0 Å². The largest absolute Gasteiger partial charge is 0.468 e. The number of benzene rings is 2. The van der Waals surface area contributed by atoms with E-state index in [9.17, 15) is 9.59 Å². The fourth-order valence-electron chi connectivity index (χ4n) is 4.94. The lowest BCUT2D eigenvalue weighted by atomic mass is 9.79. The standard InChI is InChI=1S/C29H37NO4Si/c1-28(2,3)35(24-15-8-5-9-16-24,25-17-10-6-11-18-25)34-22-13-7-12-19-29(27(32)33-4)20-14-21-30-26(31)23-29/h5-11,13-18,20H,12,19,21-23H2,1-4H3,(H,30,31)/b13-7+/t29-/m0/s1. The summed E-state index contributed by atoms with van der Waals surface area (Å²) >= 11 is 0. The van der Waals surface area contributed by atoms with Crippen molar-refractivity contribution in [1.82, 2.24) is 5.32 Å². The first-order valence-corrected chi connectivity index (χ1v) is 14.1. The Morgan fingerprint density at radius 3 is 2.17 bits per heavy atom. The second kappa shape index (κ2) is 11.6. The molecule has 0 bridgehead atoms. The molecule has 35 heavy (non-hydrogen) atoms. The van der Waals surface area contributed by atoms with E-state index in [1.54, 1.807) is 0 Å². The van der Waals surface area contributed by atoms with E-state index >= 15 is 0 Å². The molecule has 0 spiro atoms. The molecule has 0 fully saturated rings. The van der Waals surface area contributed by atoms with E-state index < -0.39 is 13.7 Å². The average molecular weight is 492 g/mol. The molecule has 1 N–H and O–H groups in total. The Morgan fingerprint density at radius 2 is 1.63 bits per heavy atom. The van der Waals surface area contributed by atoms with Crippen LogP contribution in [0.3, 0.4) is 0 Å². The van der Waals surface area contributed by atoms with Crippen molar-refractivity contribution < 1.29 is 18.8 Å². The first-order chi connectivity index (χ1) is 16.7. The number of carbonyl (C=O) groups excluding carboxylic acids is 2. The summed E-state index contributed by atoms with van der Waals surface area (Å²) in [6.45, 7) is 7.67. The molecule has 0 unspecified atom stereocenters. The Labute approximate surface area is 210 Å². The van der Waals surface area contributed by atoms with Crippen LogP contribution in [0.2, 0.25) is 5.04 Å². The number of allylic oxidation sites excluding steroid dienone is 1. The minimum Gasteiger partial charge on any atom is -0.468 e. The Balaban J connectivity index is 1.78. The van der Waals surface area contributed by atoms with E-state index in [0.29, 0.717) is 26.0 Å². The zero-order valence-corrected chi connectivity index (χ0v) is 22.3. The number of esters is 1. The third kappa shape index (κ3) is 6.00. The molecular weight excluding hydrogens is 454 g/mol. The fraction of sp³-hybridized carbons (Fsp3) is 0.379. The first-order valence-electron chi connectivity index (χ1n) is 12.2. The number of methoxy groups -OCH3 is 1. The monoisotopic (exact) mass is 491 g/mol. The minimum atomic E-state index is -2.59. The normalized spacial score (nSPS) is 18.8. The van der Waals surface area contributed by atoms with Crippen molar-refractivity contribution in [3.05, 3.63) is 85.0 Å². The summed E-state index contributed by atoms with van der Waals surface area (Å²) in [5.74, 6) is -0.512. The lowest BCUT2D eigenvalue weighted by molar-refractivity contribution is -0.152. The number of hydrogen-bond acceptors (Lipinski definition) is 4. The second-order valence-corrected chi connectivity index (χ2v) is 14.3. The van der Waals surface area contributed by atoms with Crippen LogP contribution in [0.5, 0.6) is 0 Å². The smallest absolute Gasteiger partial charge is 0.316 e. The molecule has 3 rings (SSSR count). The van der Waals surface area contributed by atoms with Crippen LogP contribution in [0.25, 0.3) is 0 Å². The van der Waals surface area contributed by atoms with E-state index in [2.05, 4.69) is 74.6 Å². The van der Waals surface area contributed by atoms with E-state index in [1.165, 1.54) is 17.5 Å². The molecule has 1 amide bonds. The van der Waals surface area contributed by atoms with Crippen LogP contribution in [-0.4, -0.2) is 40.5 Å². The van der Waals surface area contributed by atoms with Crippen molar-refractivity contribution in [2.24, 2.45) is 5.41 Å². The molecule has 1 heterocycles. The van der Waals surface area contributed by atoms with Crippen LogP contribution in [0.1, 0.15) is 40.0 Å². The Morgan fingerprint density at radius 1 is 1.03 bits per heavy atom. The number of hydrogen-bond donors (Lipinski definition) is 1. The number of carbonyl (C=O) groups is 2. The number of rotatable bonds is 9. The van der Waals surface area contributed by atoms with Gasteiger partial charge in [0.05, 0.1) is 19.1 Å². The van der Waals surface area contributed by atoms with E-state index in [0.717, 1.165) is 0 Å². The van der Waals surface area contributed by atoms with Gasteiger partial charge in [0.15, 0.2) is 0 Å². The molecule has 1 aliphatic rings. The fourth-order valence-corrected chi connectivity index (χ4v) is 9.45. The third-order valence-corrected chi connectivity index (χ3v) is 11.7. The van der Waals surface area contributed by atoms with Crippen LogP contribution in [0.4, 0.5) is 0 Å². The second-order valence-electron chi connectivity index (χ2n) is 10.0. The molecule has 0 aromatic heterocycles. The maximum Gasteiger partial charge on any atom is 0.316 e. The quantitative estimate of drug-likeness (QED) is 0.325. The van der Waals surface area contributed by atoms with Gasteiger partial charge in [0.25, 0.3) is 8.32 Å². The van der Waals surface area contributed by atoms with Gasteiger partial charge in [-0.2, -0.15) is 0 Å². The predicted molar refractivity (Wildman–Crippen MR) is 143 cm³/mol. The zero-order chi connectivity index (χ0) is 25.4. The lowest BCUT2D eigenvalue weighted by Crippen LogP contribution is -2.66.